The SMILES string of the molecule is COCCCNCCn1ccn2nc(C)cc2c1=O. The van der Waals surface area contributed by atoms with Gasteiger partial charge in [-0.2, -0.15) is 5.10 Å². The first kappa shape index (κ1) is 13.8. The lowest BCUT2D eigenvalue weighted by Gasteiger charge is -2.07. The second kappa shape index (κ2) is 6.49. The minimum atomic E-state index is 0.00166. The van der Waals surface area contributed by atoms with Crippen LogP contribution in [0.4, 0.5) is 0 Å². The zero-order valence-electron chi connectivity index (χ0n) is 11.4. The molecule has 2 rings (SSSR count). The predicted molar refractivity (Wildman–Crippen MR) is 73.6 cm³/mol. The van der Waals surface area contributed by atoms with Gasteiger partial charge in [-0.15, -0.1) is 0 Å². The van der Waals surface area contributed by atoms with Crippen molar-refractivity contribution < 1.29 is 4.74 Å². The Morgan fingerprint density at radius 3 is 3.00 bits per heavy atom. The molecule has 0 aliphatic carbocycles. The first-order valence-corrected chi connectivity index (χ1v) is 6.47. The molecule has 0 aliphatic heterocycles. The number of fused-ring (bicyclic) bond motifs is 1. The summed E-state index contributed by atoms with van der Waals surface area (Å²) in [6.45, 7) is 4.97. The first-order chi connectivity index (χ1) is 9.22. The van der Waals surface area contributed by atoms with Crippen molar-refractivity contribution in [3.63, 3.8) is 0 Å². The summed E-state index contributed by atoms with van der Waals surface area (Å²) >= 11 is 0. The largest absolute Gasteiger partial charge is 0.385 e. The van der Waals surface area contributed by atoms with Gasteiger partial charge in [0.15, 0.2) is 0 Å². The Hall–Kier alpha value is -1.66. The summed E-state index contributed by atoms with van der Waals surface area (Å²) < 4.78 is 8.30. The predicted octanol–water partition coefficient (Wildman–Crippen LogP) is 0.431. The number of aromatic nitrogens is 3. The van der Waals surface area contributed by atoms with Gasteiger partial charge in [-0.3, -0.25) is 4.79 Å². The maximum absolute atomic E-state index is 12.2. The van der Waals surface area contributed by atoms with E-state index in [-0.39, 0.29) is 5.56 Å². The van der Waals surface area contributed by atoms with Crippen molar-refractivity contribution in [3.8, 4) is 0 Å². The summed E-state index contributed by atoms with van der Waals surface area (Å²) in [4.78, 5) is 12.2. The second-order valence-corrected chi connectivity index (χ2v) is 4.51. The van der Waals surface area contributed by atoms with Crippen LogP contribution in [0.5, 0.6) is 0 Å². The van der Waals surface area contributed by atoms with Crippen LogP contribution in [0.1, 0.15) is 12.1 Å². The average Bonchev–Trinajstić information content (AvgIpc) is 2.77. The highest BCUT2D eigenvalue weighted by Gasteiger charge is 2.04. The summed E-state index contributed by atoms with van der Waals surface area (Å²) in [6, 6.07) is 1.81. The van der Waals surface area contributed by atoms with Crippen LogP contribution in [0.25, 0.3) is 5.52 Å². The number of nitrogens with one attached hydrogen (secondary N) is 1. The molecular formula is C13H20N4O2. The van der Waals surface area contributed by atoms with Gasteiger partial charge in [0.25, 0.3) is 5.56 Å². The van der Waals surface area contributed by atoms with Crippen LogP contribution >= 0.6 is 0 Å². The monoisotopic (exact) mass is 264 g/mol. The topological polar surface area (TPSA) is 60.6 Å². The molecule has 0 saturated heterocycles. The minimum Gasteiger partial charge on any atom is -0.385 e. The lowest BCUT2D eigenvalue weighted by atomic mass is 10.4. The molecule has 2 aromatic heterocycles. The Kier molecular flexibility index (Phi) is 4.70. The van der Waals surface area contributed by atoms with E-state index in [2.05, 4.69) is 10.4 Å². The molecule has 2 heterocycles. The fourth-order valence-corrected chi connectivity index (χ4v) is 1.99. The van der Waals surface area contributed by atoms with E-state index in [4.69, 9.17) is 4.74 Å². The van der Waals surface area contributed by atoms with Crippen LogP contribution in [0, 0.1) is 6.92 Å². The number of rotatable bonds is 7. The van der Waals surface area contributed by atoms with Crippen LogP contribution < -0.4 is 10.9 Å². The standard InChI is InChI=1S/C13H20N4O2/c1-11-10-12-13(18)16(7-8-17(12)15-11)6-5-14-4-3-9-19-2/h7-8,10,14H,3-6,9H2,1-2H3. The third-order valence-electron chi connectivity index (χ3n) is 2.96. The molecule has 2 aromatic rings. The number of ether oxygens (including phenoxy) is 1. The van der Waals surface area contributed by atoms with Gasteiger partial charge >= 0.3 is 0 Å². The summed E-state index contributed by atoms with van der Waals surface area (Å²) in [5.41, 5.74) is 1.48. The van der Waals surface area contributed by atoms with Crippen LogP contribution in [-0.4, -0.2) is 41.0 Å². The smallest absolute Gasteiger partial charge is 0.276 e. The maximum Gasteiger partial charge on any atom is 0.276 e. The number of methoxy groups -OCH3 is 1. The number of nitrogens with zero attached hydrogens (tertiary/aromatic N) is 3. The molecule has 0 spiro atoms. The molecule has 0 fully saturated rings. The van der Waals surface area contributed by atoms with E-state index in [0.717, 1.165) is 31.8 Å². The minimum absolute atomic E-state index is 0.00166. The molecular weight excluding hydrogens is 244 g/mol. The lowest BCUT2D eigenvalue weighted by Crippen LogP contribution is -2.28. The zero-order valence-corrected chi connectivity index (χ0v) is 11.4. The van der Waals surface area contributed by atoms with Crippen LogP contribution in [0.15, 0.2) is 23.3 Å². The second-order valence-electron chi connectivity index (χ2n) is 4.51. The molecule has 0 saturated carbocycles. The van der Waals surface area contributed by atoms with Crippen molar-refractivity contribution in [2.24, 2.45) is 0 Å². The lowest BCUT2D eigenvalue weighted by molar-refractivity contribution is 0.194. The zero-order chi connectivity index (χ0) is 13.7. The molecule has 0 atom stereocenters. The third kappa shape index (κ3) is 3.42. The van der Waals surface area contributed by atoms with Gasteiger partial charge in [0, 0.05) is 39.2 Å². The molecule has 0 aromatic carbocycles. The molecule has 6 heteroatoms. The molecule has 0 radical (unpaired) electrons. The Bertz CT molecular complexity index is 588. The van der Waals surface area contributed by atoms with E-state index >= 15 is 0 Å². The summed E-state index contributed by atoms with van der Waals surface area (Å²) in [7, 11) is 1.70. The van der Waals surface area contributed by atoms with Crippen LogP contribution in [-0.2, 0) is 11.3 Å². The molecule has 104 valence electrons. The molecule has 19 heavy (non-hydrogen) atoms. The van der Waals surface area contributed by atoms with Gasteiger partial charge in [0.1, 0.15) is 5.52 Å². The van der Waals surface area contributed by atoms with Crippen molar-refractivity contribution >= 4 is 5.52 Å². The third-order valence-corrected chi connectivity index (χ3v) is 2.96. The normalized spacial score (nSPS) is 11.3. The van der Waals surface area contributed by atoms with E-state index in [1.807, 2.05) is 19.2 Å². The van der Waals surface area contributed by atoms with Crippen LogP contribution in [0.2, 0.25) is 0 Å². The maximum atomic E-state index is 12.2. The first-order valence-electron chi connectivity index (χ1n) is 6.47. The quantitative estimate of drug-likeness (QED) is 0.737. The summed E-state index contributed by atoms with van der Waals surface area (Å²) in [5.74, 6) is 0. The van der Waals surface area contributed by atoms with Gasteiger partial charge in [-0.1, -0.05) is 0 Å². The summed E-state index contributed by atoms with van der Waals surface area (Å²) in [6.07, 6.45) is 4.57. The number of aryl methyl sites for hydroxylation is 1. The van der Waals surface area contributed by atoms with Crippen molar-refractivity contribution in [1.29, 1.82) is 0 Å². The molecule has 1 N–H and O–H groups in total. The Balaban J connectivity index is 1.94. The van der Waals surface area contributed by atoms with E-state index in [1.165, 1.54) is 0 Å². The highest BCUT2D eigenvalue weighted by atomic mass is 16.5. The van der Waals surface area contributed by atoms with Gasteiger partial charge in [-0.05, 0) is 26.0 Å². The van der Waals surface area contributed by atoms with E-state index in [9.17, 15) is 4.79 Å². The Labute approximate surface area is 112 Å². The van der Waals surface area contributed by atoms with Crippen molar-refractivity contribution in [2.75, 3.05) is 26.8 Å². The van der Waals surface area contributed by atoms with Gasteiger partial charge in [0.2, 0.25) is 0 Å². The van der Waals surface area contributed by atoms with Crippen molar-refractivity contribution in [2.45, 2.75) is 19.9 Å². The van der Waals surface area contributed by atoms with E-state index in [1.54, 1.807) is 22.4 Å². The van der Waals surface area contributed by atoms with E-state index in [0.29, 0.717) is 12.1 Å². The Morgan fingerprint density at radius 1 is 1.37 bits per heavy atom. The van der Waals surface area contributed by atoms with Gasteiger partial charge in [0.05, 0.1) is 5.69 Å². The molecule has 6 nitrogen and oxygen atoms in total. The summed E-state index contributed by atoms with van der Waals surface area (Å²) in [5, 5.41) is 7.51. The molecule has 0 aliphatic rings. The fourth-order valence-electron chi connectivity index (χ4n) is 1.99. The number of hydrogen-bond acceptors (Lipinski definition) is 4. The van der Waals surface area contributed by atoms with E-state index < -0.39 is 0 Å². The van der Waals surface area contributed by atoms with Crippen LogP contribution in [0.3, 0.4) is 0 Å². The average molecular weight is 264 g/mol. The van der Waals surface area contributed by atoms with Gasteiger partial charge in [-0.25, -0.2) is 4.52 Å². The van der Waals surface area contributed by atoms with Gasteiger partial charge < -0.3 is 14.6 Å². The molecule has 0 unspecified atom stereocenters. The fraction of sp³-hybridized carbons (Fsp3) is 0.538. The highest BCUT2D eigenvalue weighted by Crippen LogP contribution is 1.99. The van der Waals surface area contributed by atoms with Crippen molar-refractivity contribution in [3.05, 3.63) is 34.5 Å². The Morgan fingerprint density at radius 2 is 2.21 bits per heavy atom. The highest BCUT2D eigenvalue weighted by molar-refractivity contribution is 5.44. The molecule has 0 bridgehead atoms. The number of hydrogen-bond donors (Lipinski definition) is 1. The van der Waals surface area contributed by atoms with Crippen molar-refractivity contribution in [1.82, 2.24) is 19.5 Å². The molecule has 0 amide bonds.